The van der Waals surface area contributed by atoms with E-state index >= 15 is 0 Å². The fraction of sp³-hybridized carbons (Fsp3) is 0.828. The molecule has 0 bridgehead atoms. The van der Waals surface area contributed by atoms with Gasteiger partial charge in [0.1, 0.15) is 6.29 Å². The molecule has 0 aromatic heterocycles. The van der Waals surface area contributed by atoms with Gasteiger partial charge in [-0.15, -0.1) is 0 Å². The van der Waals surface area contributed by atoms with Crippen molar-refractivity contribution in [3.8, 4) is 0 Å². The van der Waals surface area contributed by atoms with Gasteiger partial charge in [0.25, 0.3) is 0 Å². The maximum Gasteiger partial charge on any atom is 0.192 e. The maximum absolute atomic E-state index is 11.6. The lowest BCUT2D eigenvalue weighted by atomic mass is 9.88. The molecule has 194 valence electrons. The van der Waals surface area contributed by atoms with E-state index in [1.54, 1.807) is 0 Å². The highest BCUT2D eigenvalue weighted by Crippen LogP contribution is 2.51. The third-order valence-electron chi connectivity index (χ3n) is 9.91. The van der Waals surface area contributed by atoms with Crippen LogP contribution in [0.25, 0.3) is 0 Å². The van der Waals surface area contributed by atoms with Crippen LogP contribution in [0.2, 0.25) is 36.3 Å². The van der Waals surface area contributed by atoms with Gasteiger partial charge in [0, 0.05) is 5.92 Å². The van der Waals surface area contributed by atoms with Gasteiger partial charge in [0.05, 0.1) is 12.2 Å². The molecule has 0 amide bonds. The van der Waals surface area contributed by atoms with E-state index in [1.807, 2.05) is 0 Å². The highest BCUT2D eigenvalue weighted by atomic mass is 28.4. The summed E-state index contributed by atoms with van der Waals surface area (Å²) in [6.45, 7) is 23.5. The molecular weight excluding hydrogens is 452 g/mol. The molecule has 34 heavy (non-hydrogen) atoms. The number of aldehydes is 1. The smallest absolute Gasteiger partial charge is 0.192 e. The zero-order valence-electron chi connectivity index (χ0n) is 23.7. The van der Waals surface area contributed by atoms with Gasteiger partial charge in [-0.2, -0.15) is 0 Å². The number of allylic oxidation sites excluding steroid dienone is 2. The Morgan fingerprint density at radius 1 is 0.971 bits per heavy atom. The lowest BCUT2D eigenvalue weighted by molar-refractivity contribution is -0.105. The van der Waals surface area contributed by atoms with Gasteiger partial charge < -0.3 is 8.85 Å². The molecule has 0 aromatic rings. The van der Waals surface area contributed by atoms with Crippen molar-refractivity contribution in [3.63, 3.8) is 0 Å². The molecule has 2 fully saturated rings. The summed E-state index contributed by atoms with van der Waals surface area (Å²) in [5, 5.41) is 0.402. The van der Waals surface area contributed by atoms with E-state index in [4.69, 9.17) is 8.85 Å². The topological polar surface area (TPSA) is 35.5 Å². The SMILES string of the molecule is CC(C)(C)[Si](C)(C)O[C@H](/C=C\[C@H]1[C@H]2CC(C=O)=C[C@H]2C[C@H]1O[Si](C)(C)C(C)(C)C)C1CCCC1. The first-order valence-electron chi connectivity index (χ1n) is 13.8. The van der Waals surface area contributed by atoms with Crippen molar-refractivity contribution in [1.82, 2.24) is 0 Å². The maximum atomic E-state index is 11.6. The van der Waals surface area contributed by atoms with E-state index < -0.39 is 16.6 Å². The van der Waals surface area contributed by atoms with Crippen LogP contribution in [0.4, 0.5) is 0 Å². The first kappa shape index (κ1) is 28.1. The minimum Gasteiger partial charge on any atom is -0.413 e. The number of rotatable bonds is 8. The van der Waals surface area contributed by atoms with Crippen LogP contribution in [0.3, 0.4) is 0 Å². The Balaban J connectivity index is 1.87. The number of fused-ring (bicyclic) bond motifs is 1. The molecule has 3 nitrogen and oxygen atoms in total. The second kappa shape index (κ2) is 10.1. The van der Waals surface area contributed by atoms with E-state index in [-0.39, 0.29) is 22.3 Å². The Labute approximate surface area is 212 Å². The molecule has 0 aliphatic heterocycles. The first-order valence-corrected chi connectivity index (χ1v) is 19.6. The van der Waals surface area contributed by atoms with Crippen molar-refractivity contribution in [1.29, 1.82) is 0 Å². The monoisotopic (exact) mass is 504 g/mol. The van der Waals surface area contributed by atoms with Crippen LogP contribution in [-0.4, -0.2) is 35.1 Å². The predicted octanol–water partition coefficient (Wildman–Crippen LogP) is 8.29. The minimum atomic E-state index is -1.88. The first-order chi connectivity index (χ1) is 15.6. The van der Waals surface area contributed by atoms with E-state index in [0.717, 1.165) is 24.7 Å². The average molecular weight is 505 g/mol. The largest absolute Gasteiger partial charge is 0.413 e. The molecule has 3 aliphatic rings. The summed E-state index contributed by atoms with van der Waals surface area (Å²) < 4.78 is 14.1. The van der Waals surface area contributed by atoms with E-state index in [9.17, 15) is 4.79 Å². The summed E-state index contributed by atoms with van der Waals surface area (Å²) in [5.74, 6) is 1.95. The number of carbonyl (C=O) groups is 1. The summed E-state index contributed by atoms with van der Waals surface area (Å²) in [4.78, 5) is 11.6. The third kappa shape index (κ3) is 6.07. The molecule has 0 spiro atoms. The highest BCUT2D eigenvalue weighted by Gasteiger charge is 2.49. The number of hydrogen-bond acceptors (Lipinski definition) is 3. The Morgan fingerprint density at radius 2 is 1.56 bits per heavy atom. The van der Waals surface area contributed by atoms with Crippen molar-refractivity contribution >= 4 is 22.9 Å². The van der Waals surface area contributed by atoms with Crippen molar-refractivity contribution in [2.75, 3.05) is 0 Å². The highest BCUT2D eigenvalue weighted by molar-refractivity contribution is 6.74. The van der Waals surface area contributed by atoms with Crippen molar-refractivity contribution in [2.24, 2.45) is 23.7 Å². The van der Waals surface area contributed by atoms with Crippen LogP contribution in [0.15, 0.2) is 23.8 Å². The minimum absolute atomic E-state index is 0.195. The predicted molar refractivity (Wildman–Crippen MR) is 149 cm³/mol. The van der Waals surface area contributed by atoms with Crippen LogP contribution >= 0.6 is 0 Å². The summed E-state index contributed by atoms with van der Waals surface area (Å²) in [7, 11) is -3.75. The summed E-state index contributed by atoms with van der Waals surface area (Å²) in [5.41, 5.74) is 0.990. The molecule has 0 unspecified atom stereocenters. The summed E-state index contributed by atoms with van der Waals surface area (Å²) >= 11 is 0. The molecule has 5 atom stereocenters. The Kier molecular flexibility index (Phi) is 8.35. The van der Waals surface area contributed by atoms with Crippen LogP contribution in [0, 0.1) is 23.7 Å². The van der Waals surface area contributed by atoms with Gasteiger partial charge in [-0.3, -0.25) is 4.79 Å². The van der Waals surface area contributed by atoms with Gasteiger partial charge in [0.15, 0.2) is 16.6 Å². The van der Waals surface area contributed by atoms with E-state index in [1.165, 1.54) is 25.7 Å². The van der Waals surface area contributed by atoms with E-state index in [0.29, 0.717) is 23.7 Å². The summed E-state index contributed by atoms with van der Waals surface area (Å²) in [6, 6.07) is 0. The molecule has 0 saturated heterocycles. The lowest BCUT2D eigenvalue weighted by Crippen LogP contribution is -2.45. The van der Waals surface area contributed by atoms with Gasteiger partial charge in [-0.05, 0) is 85.3 Å². The van der Waals surface area contributed by atoms with Crippen molar-refractivity contribution in [2.45, 2.75) is 129 Å². The quantitative estimate of drug-likeness (QED) is 0.189. The Bertz CT molecular complexity index is 778. The normalized spacial score (nSPS) is 30.1. The van der Waals surface area contributed by atoms with Gasteiger partial charge in [-0.25, -0.2) is 0 Å². The standard InChI is InChI=1S/C29H52O3Si2/c1-28(2,3)33(7,8)31-26(22-13-11-12-14-22)16-15-24-25-18-21(20-30)17-23(25)19-27(24)32-34(9,10)29(4,5)6/h15-17,20,22-27H,11-14,18-19H2,1-10H3/b16-15-/t23-,24-,25-,26+,27+/m0/s1. The van der Waals surface area contributed by atoms with Crippen LogP contribution < -0.4 is 0 Å². The zero-order chi connectivity index (χ0) is 25.5. The van der Waals surface area contributed by atoms with Gasteiger partial charge in [-0.1, -0.05) is 72.6 Å². The average Bonchev–Trinajstić information content (AvgIpc) is 3.40. The number of hydrogen-bond donors (Lipinski definition) is 0. The van der Waals surface area contributed by atoms with Crippen LogP contribution in [0.1, 0.15) is 80.1 Å². The molecule has 0 aromatic carbocycles. The van der Waals surface area contributed by atoms with Gasteiger partial charge >= 0.3 is 0 Å². The van der Waals surface area contributed by atoms with Crippen molar-refractivity contribution in [3.05, 3.63) is 23.8 Å². The number of carbonyl (C=O) groups excluding carboxylic acids is 1. The Morgan fingerprint density at radius 3 is 2.09 bits per heavy atom. The molecule has 0 N–H and O–H groups in total. The van der Waals surface area contributed by atoms with Crippen LogP contribution in [0.5, 0.6) is 0 Å². The second-order valence-corrected chi connectivity index (χ2v) is 23.9. The molecule has 2 saturated carbocycles. The molecule has 5 heteroatoms. The van der Waals surface area contributed by atoms with E-state index in [2.05, 4.69) is 86.0 Å². The molecule has 0 radical (unpaired) electrons. The molecule has 3 aliphatic carbocycles. The van der Waals surface area contributed by atoms with Crippen LogP contribution in [-0.2, 0) is 13.6 Å². The fourth-order valence-corrected chi connectivity index (χ4v) is 8.29. The van der Waals surface area contributed by atoms with Crippen molar-refractivity contribution < 1.29 is 13.6 Å². The second-order valence-electron chi connectivity index (χ2n) is 14.4. The zero-order valence-corrected chi connectivity index (χ0v) is 25.7. The summed E-state index contributed by atoms with van der Waals surface area (Å²) in [6.07, 6.45) is 15.8. The van der Waals surface area contributed by atoms with Gasteiger partial charge in [0.2, 0.25) is 0 Å². The molecular formula is C29H52O3Si2. The molecule has 0 heterocycles. The third-order valence-corrected chi connectivity index (χ3v) is 18.9. The lowest BCUT2D eigenvalue weighted by Gasteiger charge is -2.41. The fourth-order valence-electron chi connectivity index (χ4n) is 5.62. The molecule has 3 rings (SSSR count). The Hall–Kier alpha value is -0.496.